The maximum atomic E-state index is 12.9. The van der Waals surface area contributed by atoms with Crippen LogP contribution in [-0.2, 0) is 10.0 Å². The third-order valence-electron chi connectivity index (χ3n) is 4.79. The number of benzene rings is 1. The fraction of sp³-hybridized carbons (Fsp3) is 0.263. The topological polar surface area (TPSA) is 68.1 Å². The minimum Gasteiger partial charge on any atom is -0.324 e. The first kappa shape index (κ1) is 16.9. The summed E-state index contributed by atoms with van der Waals surface area (Å²) in [7, 11) is -3.46. The molecule has 0 aliphatic carbocycles. The van der Waals surface area contributed by atoms with Crippen molar-refractivity contribution in [3.05, 3.63) is 66.7 Å². The summed E-state index contributed by atoms with van der Waals surface area (Å²) in [6, 6.07) is 12.5. The molecule has 0 radical (unpaired) electrons. The third kappa shape index (κ3) is 2.93. The van der Waals surface area contributed by atoms with E-state index in [1.54, 1.807) is 41.0 Å². The lowest BCUT2D eigenvalue weighted by Gasteiger charge is -2.19. The SMILES string of the molecule is Cc1cnc(-c2ccncc2)n1C1CCN(S(=O)(=O)c2ccccc2)C1. The number of pyridine rings is 1. The number of aryl methyl sites for hydroxylation is 1. The fourth-order valence-electron chi connectivity index (χ4n) is 3.50. The molecular formula is C19H20N4O2S. The molecule has 1 unspecified atom stereocenters. The van der Waals surface area contributed by atoms with Crippen LogP contribution in [0.4, 0.5) is 0 Å². The molecule has 0 N–H and O–H groups in total. The van der Waals surface area contributed by atoms with Crippen LogP contribution in [0.15, 0.2) is 66.0 Å². The summed E-state index contributed by atoms with van der Waals surface area (Å²) < 4.78 is 29.5. The molecule has 4 rings (SSSR count). The zero-order valence-electron chi connectivity index (χ0n) is 14.5. The van der Waals surface area contributed by atoms with Crippen molar-refractivity contribution >= 4 is 10.0 Å². The summed E-state index contributed by atoms with van der Waals surface area (Å²) >= 11 is 0. The Bertz CT molecular complexity index is 1000. The Hall–Kier alpha value is -2.51. The molecule has 3 heterocycles. The molecule has 0 saturated carbocycles. The predicted octanol–water partition coefficient (Wildman–Crippen LogP) is 2.89. The van der Waals surface area contributed by atoms with Crippen LogP contribution in [0.25, 0.3) is 11.4 Å². The van der Waals surface area contributed by atoms with Crippen LogP contribution in [0.2, 0.25) is 0 Å². The van der Waals surface area contributed by atoms with Gasteiger partial charge in [-0.2, -0.15) is 4.31 Å². The van der Waals surface area contributed by atoms with E-state index in [0.29, 0.717) is 18.0 Å². The van der Waals surface area contributed by atoms with E-state index in [-0.39, 0.29) is 6.04 Å². The van der Waals surface area contributed by atoms with E-state index < -0.39 is 10.0 Å². The van der Waals surface area contributed by atoms with E-state index in [1.165, 1.54) is 0 Å². The van der Waals surface area contributed by atoms with Crippen LogP contribution in [0.1, 0.15) is 18.2 Å². The smallest absolute Gasteiger partial charge is 0.243 e. The Kier molecular flexibility index (Phi) is 4.34. The summed E-state index contributed by atoms with van der Waals surface area (Å²) in [6.07, 6.45) is 6.08. The molecule has 0 amide bonds. The number of nitrogens with zero attached hydrogens (tertiary/aromatic N) is 4. The molecule has 1 fully saturated rings. The Balaban J connectivity index is 1.64. The molecule has 1 atom stereocenters. The molecule has 6 nitrogen and oxygen atoms in total. The number of hydrogen-bond donors (Lipinski definition) is 0. The fourth-order valence-corrected chi connectivity index (χ4v) is 5.02. The van der Waals surface area contributed by atoms with Crippen LogP contribution in [0, 0.1) is 6.92 Å². The van der Waals surface area contributed by atoms with Crippen molar-refractivity contribution in [2.75, 3.05) is 13.1 Å². The van der Waals surface area contributed by atoms with Crippen molar-refractivity contribution in [1.29, 1.82) is 0 Å². The highest BCUT2D eigenvalue weighted by Gasteiger charge is 2.34. The zero-order valence-corrected chi connectivity index (χ0v) is 15.3. The van der Waals surface area contributed by atoms with Gasteiger partial charge in [0.1, 0.15) is 5.82 Å². The average molecular weight is 368 g/mol. The number of sulfonamides is 1. The standard InChI is InChI=1S/C19H20N4O2S/c1-15-13-21-19(16-7-10-20-11-8-16)23(15)17-9-12-22(14-17)26(24,25)18-5-3-2-4-6-18/h2-8,10-11,13,17H,9,12,14H2,1H3. The lowest BCUT2D eigenvalue weighted by molar-refractivity contribution is 0.450. The van der Waals surface area contributed by atoms with Crippen LogP contribution >= 0.6 is 0 Å². The van der Waals surface area contributed by atoms with E-state index in [9.17, 15) is 8.42 Å². The van der Waals surface area contributed by atoms with Crippen LogP contribution in [-0.4, -0.2) is 40.3 Å². The molecule has 7 heteroatoms. The molecular weight excluding hydrogens is 348 g/mol. The molecule has 1 aromatic carbocycles. The van der Waals surface area contributed by atoms with Crippen LogP contribution < -0.4 is 0 Å². The van der Waals surface area contributed by atoms with Gasteiger partial charge in [-0.25, -0.2) is 13.4 Å². The molecule has 1 aliphatic heterocycles. The largest absolute Gasteiger partial charge is 0.324 e. The van der Waals surface area contributed by atoms with Gasteiger partial charge in [-0.1, -0.05) is 18.2 Å². The minimum absolute atomic E-state index is 0.0687. The Morgan fingerprint density at radius 2 is 1.81 bits per heavy atom. The molecule has 3 aromatic rings. The van der Waals surface area contributed by atoms with Crippen LogP contribution in [0.5, 0.6) is 0 Å². The highest BCUT2D eigenvalue weighted by atomic mass is 32.2. The molecule has 0 spiro atoms. The highest BCUT2D eigenvalue weighted by molar-refractivity contribution is 7.89. The van der Waals surface area contributed by atoms with Gasteiger partial charge < -0.3 is 4.57 Å². The normalized spacial score (nSPS) is 18.3. The first-order chi connectivity index (χ1) is 12.6. The van der Waals surface area contributed by atoms with Gasteiger partial charge in [0.25, 0.3) is 0 Å². The van der Waals surface area contributed by atoms with E-state index in [2.05, 4.69) is 14.5 Å². The van der Waals surface area contributed by atoms with Gasteiger partial charge in [-0.05, 0) is 37.6 Å². The molecule has 134 valence electrons. The number of imidazole rings is 1. The Labute approximate surface area is 153 Å². The van der Waals surface area contributed by atoms with Gasteiger partial charge >= 0.3 is 0 Å². The lowest BCUT2D eigenvalue weighted by atomic mass is 10.2. The quantitative estimate of drug-likeness (QED) is 0.710. The first-order valence-corrected chi connectivity index (χ1v) is 10.0. The highest BCUT2D eigenvalue weighted by Crippen LogP contribution is 2.32. The van der Waals surface area contributed by atoms with Gasteiger partial charge in [-0.15, -0.1) is 0 Å². The Morgan fingerprint density at radius 3 is 2.54 bits per heavy atom. The Morgan fingerprint density at radius 1 is 1.08 bits per heavy atom. The zero-order chi connectivity index (χ0) is 18.1. The first-order valence-electron chi connectivity index (χ1n) is 8.57. The maximum absolute atomic E-state index is 12.9. The minimum atomic E-state index is -3.46. The monoisotopic (exact) mass is 368 g/mol. The molecule has 0 bridgehead atoms. The van der Waals surface area contributed by atoms with Crippen LogP contribution in [0.3, 0.4) is 0 Å². The number of aromatic nitrogens is 3. The van der Waals surface area contributed by atoms with Crippen molar-refractivity contribution in [3.8, 4) is 11.4 Å². The second kappa shape index (κ2) is 6.66. The second-order valence-corrected chi connectivity index (χ2v) is 8.39. The summed E-state index contributed by atoms with van der Waals surface area (Å²) in [4.78, 5) is 8.95. The van der Waals surface area contributed by atoms with Crippen molar-refractivity contribution in [2.45, 2.75) is 24.3 Å². The van der Waals surface area contributed by atoms with Gasteiger partial charge in [-0.3, -0.25) is 4.98 Å². The van der Waals surface area contributed by atoms with Crippen molar-refractivity contribution in [3.63, 3.8) is 0 Å². The van der Waals surface area contributed by atoms with E-state index in [1.807, 2.05) is 31.3 Å². The summed E-state index contributed by atoms with van der Waals surface area (Å²) in [5.41, 5.74) is 2.01. The van der Waals surface area contributed by atoms with Crippen molar-refractivity contribution < 1.29 is 8.42 Å². The average Bonchev–Trinajstić information content (AvgIpc) is 3.30. The van der Waals surface area contributed by atoms with E-state index >= 15 is 0 Å². The van der Waals surface area contributed by atoms with Gasteiger partial charge in [0.05, 0.1) is 10.9 Å². The van der Waals surface area contributed by atoms with Gasteiger partial charge in [0.2, 0.25) is 10.0 Å². The lowest BCUT2D eigenvalue weighted by Crippen LogP contribution is -2.29. The predicted molar refractivity (Wildman–Crippen MR) is 99.0 cm³/mol. The van der Waals surface area contributed by atoms with Gasteiger partial charge in [0.15, 0.2) is 0 Å². The summed E-state index contributed by atoms with van der Waals surface area (Å²) in [5, 5.41) is 0. The molecule has 1 aliphatic rings. The van der Waals surface area contributed by atoms with Gasteiger partial charge in [0, 0.05) is 42.9 Å². The summed E-state index contributed by atoms with van der Waals surface area (Å²) in [5.74, 6) is 0.855. The van der Waals surface area contributed by atoms with Crippen molar-refractivity contribution in [2.24, 2.45) is 0 Å². The van der Waals surface area contributed by atoms with E-state index in [4.69, 9.17) is 0 Å². The van der Waals surface area contributed by atoms with E-state index in [0.717, 1.165) is 23.5 Å². The number of hydrogen-bond acceptors (Lipinski definition) is 4. The maximum Gasteiger partial charge on any atom is 0.243 e. The second-order valence-electron chi connectivity index (χ2n) is 6.45. The third-order valence-corrected chi connectivity index (χ3v) is 6.67. The molecule has 2 aromatic heterocycles. The van der Waals surface area contributed by atoms with Crippen molar-refractivity contribution in [1.82, 2.24) is 18.8 Å². The molecule has 1 saturated heterocycles. The molecule has 26 heavy (non-hydrogen) atoms. The summed E-state index contributed by atoms with van der Waals surface area (Å²) in [6.45, 7) is 2.97. The number of rotatable bonds is 4.